The summed E-state index contributed by atoms with van der Waals surface area (Å²) in [6.45, 7) is 0. The van der Waals surface area contributed by atoms with Crippen LogP contribution in [0, 0.1) is 0 Å². The number of phenolic OH excluding ortho intramolecular Hbond substituents is 1. The van der Waals surface area contributed by atoms with Gasteiger partial charge >= 0.3 is 11.9 Å². The molecule has 0 aromatic heterocycles. The van der Waals surface area contributed by atoms with E-state index < -0.39 is 134 Å². The second-order valence-corrected chi connectivity index (χ2v) is 17.1. The summed E-state index contributed by atoms with van der Waals surface area (Å²) in [6.07, 6.45) is 0. The molecule has 0 amide bonds. The third kappa shape index (κ3) is 14.2. The monoisotopic (exact) mass is 982 g/mol. The molecule has 5 aromatic carbocycles. The topological polar surface area (TPSA) is 394 Å². The summed E-state index contributed by atoms with van der Waals surface area (Å²) in [6, 6.07) is 8.94. The quantitative estimate of drug-likeness (QED) is 0.0493. The Balaban J connectivity index is 0.00000744. The maximum absolute atomic E-state index is 13.4. The zero-order valence-corrected chi connectivity index (χ0v) is 45.8. The van der Waals surface area contributed by atoms with Crippen molar-refractivity contribution in [2.75, 3.05) is 4.72 Å². The Hall–Kier alpha value is -1.62. The molecule has 5 radical (unpaired) electrons. The first-order valence-corrected chi connectivity index (χ1v) is 20.5. The number of nitrogens with zero attached hydrogens (tertiary/aromatic N) is 4. The van der Waals surface area contributed by atoms with Gasteiger partial charge in [-0.25, -0.2) is 18.0 Å². The van der Waals surface area contributed by atoms with Crippen LogP contribution in [0.15, 0.2) is 113 Å². The van der Waals surface area contributed by atoms with Crippen LogP contribution in [0.4, 0.5) is 28.4 Å². The van der Waals surface area contributed by atoms with Crippen molar-refractivity contribution in [2.24, 2.45) is 20.5 Å². The van der Waals surface area contributed by atoms with Crippen LogP contribution in [0.5, 0.6) is 17.2 Å². The normalized spacial score (nSPS) is 11.7. The maximum atomic E-state index is 13.4. The number of hydrogen-bond acceptors (Lipinski definition) is 17. The summed E-state index contributed by atoms with van der Waals surface area (Å²) in [7, 11) is -20.8. The standard InChI is InChI=1S/C30H21N5O18S4.5Na/c36-22-5-2-14(9-18(22)29(39)40)31-33-20-4-1-15(10-24(20)56(48,49)50)32-34-27-25(57(51,52)53)8-13-7-17(55(45,46)47)12-21(26(13)28(27)38)35-54(43,44)16-3-6-23(37)19(11-16)30(41)42;;;;;/h1-12,35-38H,(H,39,40)(H,41,42)(H,45,46,47)(H,48,49,50)(H,51,52,53);;;;;. The van der Waals surface area contributed by atoms with Crippen LogP contribution in [0.3, 0.4) is 0 Å². The van der Waals surface area contributed by atoms with Gasteiger partial charge in [0, 0.05) is 148 Å². The zero-order valence-electron chi connectivity index (χ0n) is 32.5. The molecule has 0 aliphatic carbocycles. The van der Waals surface area contributed by atoms with Crippen LogP contribution in [0.25, 0.3) is 10.8 Å². The van der Waals surface area contributed by atoms with E-state index in [2.05, 4.69) is 20.5 Å². The second-order valence-electron chi connectivity index (χ2n) is 11.2. The molecular weight excluding hydrogens is 962 g/mol. The molecule has 0 aliphatic rings. The molecule has 9 N–H and O–H groups in total. The van der Waals surface area contributed by atoms with E-state index in [-0.39, 0.29) is 153 Å². The van der Waals surface area contributed by atoms with E-state index in [1.165, 1.54) is 0 Å². The minimum atomic E-state index is -5.45. The fraction of sp³-hybridized carbons (Fsp3) is 0. The van der Waals surface area contributed by atoms with Crippen molar-refractivity contribution in [1.82, 2.24) is 0 Å². The maximum Gasteiger partial charge on any atom is 0.339 e. The van der Waals surface area contributed by atoms with Gasteiger partial charge in [0.15, 0.2) is 5.75 Å². The molecule has 0 saturated carbocycles. The van der Waals surface area contributed by atoms with Gasteiger partial charge in [-0.15, -0.1) is 10.2 Å². The second kappa shape index (κ2) is 23.2. The Bertz CT molecular complexity index is 3100. The summed E-state index contributed by atoms with van der Waals surface area (Å²) < 4.78 is 132. The van der Waals surface area contributed by atoms with Gasteiger partial charge in [-0.2, -0.15) is 35.5 Å². The number of aromatic hydroxyl groups is 3. The van der Waals surface area contributed by atoms with Crippen LogP contribution in [0.2, 0.25) is 0 Å². The van der Waals surface area contributed by atoms with Crippen LogP contribution in [-0.2, 0) is 40.4 Å². The predicted molar refractivity (Wildman–Crippen MR) is 220 cm³/mol. The Labute approximate surface area is 460 Å². The van der Waals surface area contributed by atoms with Gasteiger partial charge in [0.25, 0.3) is 40.4 Å². The largest absolute Gasteiger partial charge is 0.507 e. The van der Waals surface area contributed by atoms with E-state index in [4.69, 9.17) is 0 Å². The third-order valence-corrected chi connectivity index (χ3v) is 11.4. The van der Waals surface area contributed by atoms with E-state index >= 15 is 0 Å². The number of rotatable bonds is 12. The van der Waals surface area contributed by atoms with Crippen molar-refractivity contribution < 1.29 is 82.5 Å². The molecule has 0 fully saturated rings. The van der Waals surface area contributed by atoms with E-state index in [9.17, 15) is 82.5 Å². The summed E-state index contributed by atoms with van der Waals surface area (Å²) in [5, 5.41) is 62.4. The average molecular weight is 983 g/mol. The van der Waals surface area contributed by atoms with Crippen LogP contribution in [-0.4, -0.2) is 233 Å². The third-order valence-electron chi connectivity index (χ3n) is 7.42. The summed E-state index contributed by atoms with van der Waals surface area (Å²) in [4.78, 5) is 18.6. The number of carbonyl (C=O) groups is 2. The van der Waals surface area contributed by atoms with Gasteiger partial charge in [0.1, 0.15) is 43.8 Å². The van der Waals surface area contributed by atoms with E-state index in [0.29, 0.717) is 36.4 Å². The number of aromatic carboxylic acids is 2. The van der Waals surface area contributed by atoms with Crippen LogP contribution >= 0.6 is 0 Å². The fourth-order valence-corrected chi connectivity index (χ4v) is 7.80. The van der Waals surface area contributed by atoms with Gasteiger partial charge in [-0.05, 0) is 78.2 Å². The van der Waals surface area contributed by atoms with E-state index in [1.54, 1.807) is 0 Å². The van der Waals surface area contributed by atoms with Gasteiger partial charge < -0.3 is 25.5 Å². The Kier molecular flexibility index (Phi) is 22.6. The SMILES string of the molecule is O=C(O)c1cc(N=Nc2ccc(N=Nc3c(S(=O)(=O)O)cc4cc(S(=O)(=O)O)cc(NS(=O)(=O)c5ccc(O)c(C(=O)O)c5)c4c3O)cc2S(=O)(=O)O)ccc1O.[Na].[Na].[Na].[Na].[Na]. The number of azo groups is 2. The van der Waals surface area contributed by atoms with Crippen molar-refractivity contribution >= 4 is 239 Å². The van der Waals surface area contributed by atoms with Crippen molar-refractivity contribution in [3.05, 3.63) is 83.9 Å². The molecule has 0 unspecified atom stereocenters. The smallest absolute Gasteiger partial charge is 0.339 e. The molecule has 303 valence electrons. The summed E-state index contributed by atoms with van der Waals surface area (Å²) >= 11 is 0. The van der Waals surface area contributed by atoms with Gasteiger partial charge in [0.2, 0.25) is 0 Å². The van der Waals surface area contributed by atoms with E-state index in [1.807, 2.05) is 4.72 Å². The van der Waals surface area contributed by atoms with Gasteiger partial charge in [-0.1, -0.05) is 0 Å². The zero-order chi connectivity index (χ0) is 42.4. The van der Waals surface area contributed by atoms with Crippen molar-refractivity contribution in [1.29, 1.82) is 0 Å². The molecule has 0 spiro atoms. The minimum absolute atomic E-state index is 0. The Morgan fingerprint density at radius 1 is 0.516 bits per heavy atom. The summed E-state index contributed by atoms with van der Waals surface area (Å²) in [5.41, 5.74) is -4.80. The first-order chi connectivity index (χ1) is 26.3. The molecule has 62 heavy (non-hydrogen) atoms. The number of carboxylic acids is 2. The average Bonchev–Trinajstić information content (AvgIpc) is 3.09. The first-order valence-electron chi connectivity index (χ1n) is 14.7. The van der Waals surface area contributed by atoms with Crippen molar-refractivity contribution in [2.45, 2.75) is 19.6 Å². The molecule has 23 nitrogen and oxygen atoms in total. The molecule has 0 atom stereocenters. The molecule has 0 saturated heterocycles. The Morgan fingerprint density at radius 3 is 1.55 bits per heavy atom. The number of carboxylic acid groups (broad SMARTS) is 2. The molecule has 0 bridgehead atoms. The van der Waals surface area contributed by atoms with Crippen molar-refractivity contribution in [3.8, 4) is 17.2 Å². The fourth-order valence-electron chi connectivity index (χ4n) is 4.87. The number of phenols is 3. The van der Waals surface area contributed by atoms with Crippen molar-refractivity contribution in [3.63, 3.8) is 0 Å². The first kappa shape index (κ1) is 60.4. The number of hydrogen-bond donors (Lipinski definition) is 9. The summed E-state index contributed by atoms with van der Waals surface area (Å²) in [5.74, 6) is -6.05. The number of nitrogens with one attached hydrogen (secondary N) is 1. The van der Waals surface area contributed by atoms with E-state index in [0.717, 1.165) is 36.4 Å². The molecular formula is C30H21N5Na5O18S4. The van der Waals surface area contributed by atoms with Crippen LogP contribution in [0.1, 0.15) is 20.7 Å². The van der Waals surface area contributed by atoms with Crippen LogP contribution < -0.4 is 4.72 Å². The molecule has 5 rings (SSSR count). The molecule has 0 aliphatic heterocycles. The Morgan fingerprint density at radius 2 is 1.02 bits per heavy atom. The predicted octanol–water partition coefficient (Wildman–Crippen LogP) is 2.82. The molecule has 0 heterocycles. The molecule has 5 aromatic rings. The molecule has 32 heteroatoms. The number of sulfonamides is 1. The minimum Gasteiger partial charge on any atom is -0.507 e. The number of benzene rings is 5. The number of anilines is 1. The van der Waals surface area contributed by atoms with Gasteiger partial charge in [-0.3, -0.25) is 18.4 Å². The number of fused-ring (bicyclic) bond motifs is 1. The van der Waals surface area contributed by atoms with Gasteiger partial charge in [0.05, 0.1) is 32.2 Å².